The Balaban J connectivity index is 3.10. The summed E-state index contributed by atoms with van der Waals surface area (Å²) in [4.78, 5) is 0. The van der Waals surface area contributed by atoms with E-state index in [0.29, 0.717) is 0 Å². The number of aliphatic hydroxyl groups is 1. The van der Waals surface area contributed by atoms with E-state index < -0.39 is 0 Å². The first-order chi connectivity index (χ1) is 9.72. The average molecular weight is 286 g/mol. The fourth-order valence-corrected chi connectivity index (χ4v) is 2.68. The predicted molar refractivity (Wildman–Crippen MR) is 90.0 cm³/mol. The quantitative estimate of drug-likeness (QED) is 0.407. The fourth-order valence-electron chi connectivity index (χ4n) is 2.68. The Morgan fingerprint density at radius 2 is 1.10 bits per heavy atom. The molecule has 0 fully saturated rings. The number of hydrogen-bond donors (Lipinski definition) is 2. The van der Waals surface area contributed by atoms with Gasteiger partial charge in [-0.1, -0.05) is 90.9 Å². The minimum absolute atomic E-state index is 0.0253. The normalized spacial score (nSPS) is 14.4. The molecule has 0 heterocycles. The Kier molecular flexibility index (Phi) is 15.3. The third kappa shape index (κ3) is 12.9. The van der Waals surface area contributed by atoms with Gasteiger partial charge in [-0.25, -0.2) is 0 Å². The first kappa shape index (κ1) is 19.9. The molecule has 0 saturated heterocycles. The zero-order valence-electron chi connectivity index (χ0n) is 14.1. The molecule has 20 heavy (non-hydrogen) atoms. The van der Waals surface area contributed by atoms with Crippen LogP contribution in [0.5, 0.6) is 0 Å². The van der Waals surface area contributed by atoms with Crippen molar-refractivity contribution in [2.75, 3.05) is 0 Å². The Morgan fingerprint density at radius 1 is 0.700 bits per heavy atom. The molecular formula is C18H39NO. The number of rotatable bonds is 15. The van der Waals surface area contributed by atoms with Crippen LogP contribution in [0.25, 0.3) is 0 Å². The van der Waals surface area contributed by atoms with E-state index in [4.69, 9.17) is 5.73 Å². The van der Waals surface area contributed by atoms with Gasteiger partial charge in [0.1, 0.15) is 0 Å². The van der Waals surface area contributed by atoms with Crippen molar-refractivity contribution in [1.82, 2.24) is 0 Å². The van der Waals surface area contributed by atoms with E-state index in [2.05, 4.69) is 6.92 Å². The first-order valence-corrected chi connectivity index (χ1v) is 9.16. The molecule has 0 aliphatic rings. The van der Waals surface area contributed by atoms with Gasteiger partial charge in [-0.15, -0.1) is 0 Å². The molecule has 0 aromatic heterocycles. The lowest BCUT2D eigenvalue weighted by molar-refractivity contribution is 0.129. The van der Waals surface area contributed by atoms with Crippen LogP contribution < -0.4 is 5.73 Å². The van der Waals surface area contributed by atoms with Crippen molar-refractivity contribution in [3.05, 3.63) is 0 Å². The number of nitrogens with two attached hydrogens (primary N) is 1. The van der Waals surface area contributed by atoms with Crippen LogP contribution in [-0.4, -0.2) is 17.3 Å². The number of unbranched alkanes of at least 4 members (excludes halogenated alkanes) is 11. The van der Waals surface area contributed by atoms with E-state index in [9.17, 15) is 5.11 Å². The van der Waals surface area contributed by atoms with Crippen molar-refractivity contribution < 1.29 is 5.11 Å². The van der Waals surface area contributed by atoms with Gasteiger partial charge in [0.25, 0.3) is 0 Å². The molecule has 0 aromatic carbocycles. The Bertz CT molecular complexity index is 184. The van der Waals surface area contributed by atoms with Crippen LogP contribution in [-0.2, 0) is 0 Å². The lowest BCUT2D eigenvalue weighted by atomic mass is 10.0. The van der Waals surface area contributed by atoms with Crippen LogP contribution in [0.15, 0.2) is 0 Å². The Hall–Kier alpha value is -0.0800. The first-order valence-electron chi connectivity index (χ1n) is 9.16. The van der Waals surface area contributed by atoms with Crippen molar-refractivity contribution in [2.45, 2.75) is 116 Å². The molecule has 0 saturated carbocycles. The molecule has 0 spiro atoms. The molecule has 0 aliphatic heterocycles. The van der Waals surface area contributed by atoms with Crippen LogP contribution in [0.3, 0.4) is 0 Å². The topological polar surface area (TPSA) is 46.2 Å². The highest BCUT2D eigenvalue weighted by atomic mass is 16.3. The lowest BCUT2D eigenvalue weighted by Crippen LogP contribution is -2.33. The molecule has 3 N–H and O–H groups in total. The highest BCUT2D eigenvalue weighted by Crippen LogP contribution is 2.13. The maximum atomic E-state index is 9.75. The predicted octanol–water partition coefficient (Wildman–Crippen LogP) is 5.18. The van der Waals surface area contributed by atoms with Crippen LogP contribution in [0.4, 0.5) is 0 Å². The van der Waals surface area contributed by atoms with E-state index in [1.807, 2.05) is 6.92 Å². The molecule has 2 nitrogen and oxygen atoms in total. The monoisotopic (exact) mass is 285 g/mol. The number of hydrogen-bond acceptors (Lipinski definition) is 2. The standard InChI is InChI=1S/C18H39NO/c1-3-5-6-7-8-9-10-11-12-13-14-15-16-18(20)17(19)4-2/h17-18,20H,3-16,19H2,1-2H3/t17?,18-/m1/s1. The molecule has 0 aromatic rings. The largest absolute Gasteiger partial charge is 0.392 e. The van der Waals surface area contributed by atoms with Gasteiger partial charge in [0.05, 0.1) is 6.10 Å². The average Bonchev–Trinajstić information content (AvgIpc) is 2.47. The molecule has 2 heteroatoms. The fraction of sp³-hybridized carbons (Fsp3) is 1.00. The zero-order chi connectivity index (χ0) is 15.1. The van der Waals surface area contributed by atoms with Crippen LogP contribution in [0, 0.1) is 0 Å². The second-order valence-corrected chi connectivity index (χ2v) is 6.32. The van der Waals surface area contributed by atoms with Crippen LogP contribution >= 0.6 is 0 Å². The molecule has 2 atom stereocenters. The van der Waals surface area contributed by atoms with Crippen molar-refractivity contribution in [3.8, 4) is 0 Å². The summed E-state index contributed by atoms with van der Waals surface area (Å²) in [5, 5.41) is 9.75. The van der Waals surface area contributed by atoms with Gasteiger partial charge in [0, 0.05) is 6.04 Å². The third-order valence-corrected chi connectivity index (χ3v) is 4.32. The summed E-state index contributed by atoms with van der Waals surface area (Å²) in [6, 6.07) is -0.0253. The van der Waals surface area contributed by atoms with Gasteiger partial charge in [-0.3, -0.25) is 0 Å². The molecule has 1 unspecified atom stereocenters. The molecule has 0 rings (SSSR count). The summed E-state index contributed by atoms with van der Waals surface area (Å²) in [5.74, 6) is 0. The molecule has 0 radical (unpaired) electrons. The summed E-state index contributed by atoms with van der Waals surface area (Å²) in [5.41, 5.74) is 5.81. The second-order valence-electron chi connectivity index (χ2n) is 6.32. The Labute approximate surface area is 127 Å². The third-order valence-electron chi connectivity index (χ3n) is 4.32. The second kappa shape index (κ2) is 15.3. The summed E-state index contributed by atoms with van der Waals surface area (Å²) in [7, 11) is 0. The maximum absolute atomic E-state index is 9.75. The van der Waals surface area contributed by atoms with Crippen molar-refractivity contribution in [3.63, 3.8) is 0 Å². The summed E-state index contributed by atoms with van der Waals surface area (Å²) >= 11 is 0. The highest BCUT2D eigenvalue weighted by molar-refractivity contribution is 4.69. The lowest BCUT2D eigenvalue weighted by Gasteiger charge is -2.16. The minimum atomic E-state index is -0.289. The van der Waals surface area contributed by atoms with E-state index in [1.165, 1.54) is 70.6 Å². The minimum Gasteiger partial charge on any atom is -0.392 e. The maximum Gasteiger partial charge on any atom is 0.0691 e. The van der Waals surface area contributed by atoms with Gasteiger partial charge in [0.15, 0.2) is 0 Å². The summed E-state index contributed by atoms with van der Waals surface area (Å²) < 4.78 is 0. The van der Waals surface area contributed by atoms with Crippen molar-refractivity contribution >= 4 is 0 Å². The van der Waals surface area contributed by atoms with Gasteiger partial charge in [-0.2, -0.15) is 0 Å². The van der Waals surface area contributed by atoms with E-state index >= 15 is 0 Å². The van der Waals surface area contributed by atoms with Crippen molar-refractivity contribution in [2.24, 2.45) is 5.73 Å². The molecular weight excluding hydrogens is 246 g/mol. The smallest absolute Gasteiger partial charge is 0.0691 e. The molecule has 122 valence electrons. The number of aliphatic hydroxyl groups excluding tert-OH is 1. The van der Waals surface area contributed by atoms with Gasteiger partial charge >= 0.3 is 0 Å². The van der Waals surface area contributed by atoms with E-state index in [1.54, 1.807) is 0 Å². The Morgan fingerprint density at radius 3 is 1.50 bits per heavy atom. The summed E-state index contributed by atoms with van der Waals surface area (Å²) in [6.45, 7) is 4.31. The van der Waals surface area contributed by atoms with E-state index in [-0.39, 0.29) is 12.1 Å². The van der Waals surface area contributed by atoms with Gasteiger partial charge in [-0.05, 0) is 12.8 Å². The highest BCUT2D eigenvalue weighted by Gasteiger charge is 2.11. The molecule has 0 aliphatic carbocycles. The summed E-state index contributed by atoms with van der Waals surface area (Å²) in [6.07, 6.45) is 17.8. The van der Waals surface area contributed by atoms with Crippen molar-refractivity contribution in [1.29, 1.82) is 0 Å². The molecule has 0 amide bonds. The van der Waals surface area contributed by atoms with Crippen LogP contribution in [0.1, 0.15) is 104 Å². The molecule has 0 bridgehead atoms. The SMILES string of the molecule is CCCCCCCCCCCCCC[C@@H](O)C(N)CC. The zero-order valence-corrected chi connectivity index (χ0v) is 14.1. The van der Waals surface area contributed by atoms with Gasteiger partial charge in [0.2, 0.25) is 0 Å². The van der Waals surface area contributed by atoms with E-state index in [0.717, 1.165) is 19.3 Å². The van der Waals surface area contributed by atoms with Gasteiger partial charge < -0.3 is 10.8 Å². The van der Waals surface area contributed by atoms with Crippen LogP contribution in [0.2, 0.25) is 0 Å².